The van der Waals surface area contributed by atoms with E-state index >= 15 is 0 Å². The van der Waals surface area contributed by atoms with Crippen molar-refractivity contribution in [2.45, 2.75) is 37.5 Å². The van der Waals surface area contributed by atoms with Gasteiger partial charge in [-0.1, -0.05) is 0 Å². The fraction of sp³-hybridized carbons (Fsp3) is 0.375. The van der Waals surface area contributed by atoms with Crippen LogP contribution in [0.25, 0.3) is 11.4 Å². The molecule has 8 nitrogen and oxygen atoms in total. The number of anilines is 3. The number of thiophene rings is 1. The smallest absolute Gasteiger partial charge is 0.293 e. The standard InChI is InChI=1S/C32H33FN6O2S/c1-37-11-13-39(14-12-37)22-7-5-21(6-8-22)34-31-32(41)38(2)18-27(36-31)25-10-9-24(33)26(35-25)17-28(40)29-16-23-19-3-4-20(15-19)30(23)42-29/h5-10,16,18-20H,3-4,11-15,17H2,1-2H3,(H,34,36). The summed E-state index contributed by atoms with van der Waals surface area (Å²) in [6.45, 7) is 4.00. The van der Waals surface area contributed by atoms with Crippen molar-refractivity contribution in [2.24, 2.45) is 7.05 Å². The van der Waals surface area contributed by atoms with E-state index in [1.54, 1.807) is 24.6 Å². The first-order chi connectivity index (χ1) is 20.3. The third kappa shape index (κ3) is 5.03. The molecule has 7 rings (SSSR count). The van der Waals surface area contributed by atoms with Crippen LogP contribution in [0.2, 0.25) is 0 Å². The van der Waals surface area contributed by atoms with Gasteiger partial charge in [-0.2, -0.15) is 0 Å². The predicted molar refractivity (Wildman–Crippen MR) is 164 cm³/mol. The number of fused-ring (bicyclic) bond motifs is 5. The van der Waals surface area contributed by atoms with Gasteiger partial charge in [0, 0.05) is 55.7 Å². The van der Waals surface area contributed by atoms with Gasteiger partial charge < -0.3 is 19.7 Å². The van der Waals surface area contributed by atoms with Crippen LogP contribution in [0, 0.1) is 5.82 Å². The maximum absolute atomic E-state index is 14.8. The minimum absolute atomic E-state index is 0.0821. The van der Waals surface area contributed by atoms with E-state index < -0.39 is 5.82 Å². The predicted octanol–water partition coefficient (Wildman–Crippen LogP) is 5.33. The van der Waals surface area contributed by atoms with Crippen molar-refractivity contribution in [1.82, 2.24) is 19.4 Å². The zero-order chi connectivity index (χ0) is 29.0. The summed E-state index contributed by atoms with van der Waals surface area (Å²) in [6, 6.07) is 12.8. The maximum Gasteiger partial charge on any atom is 0.293 e. The van der Waals surface area contributed by atoms with Crippen LogP contribution in [0.1, 0.15) is 56.9 Å². The van der Waals surface area contributed by atoms with E-state index in [9.17, 15) is 14.0 Å². The molecule has 1 N–H and O–H groups in total. The van der Waals surface area contributed by atoms with Gasteiger partial charge in [0.05, 0.1) is 22.7 Å². The van der Waals surface area contributed by atoms with Gasteiger partial charge in [0.25, 0.3) is 5.56 Å². The zero-order valence-corrected chi connectivity index (χ0v) is 24.6. The van der Waals surface area contributed by atoms with Gasteiger partial charge in [0.15, 0.2) is 11.6 Å². The molecule has 1 aromatic carbocycles. The van der Waals surface area contributed by atoms with Crippen molar-refractivity contribution < 1.29 is 9.18 Å². The molecule has 1 aliphatic heterocycles. The van der Waals surface area contributed by atoms with Crippen LogP contribution >= 0.6 is 11.3 Å². The first-order valence-corrected chi connectivity index (χ1v) is 15.3. The number of nitrogens with zero attached hydrogens (tertiary/aromatic N) is 5. The molecule has 0 amide bonds. The van der Waals surface area contributed by atoms with Crippen molar-refractivity contribution in [3.8, 4) is 11.4 Å². The number of aryl methyl sites for hydroxylation is 1. The summed E-state index contributed by atoms with van der Waals surface area (Å²) in [5, 5.41) is 3.15. The van der Waals surface area contributed by atoms with E-state index in [2.05, 4.69) is 32.1 Å². The number of likely N-dealkylation sites (N-methyl/N-ethyl adjacent to an activating group) is 1. The molecule has 0 radical (unpaired) electrons. The van der Waals surface area contributed by atoms with Gasteiger partial charge in [-0.3, -0.25) is 9.59 Å². The topological polar surface area (TPSA) is 83.4 Å². The highest BCUT2D eigenvalue weighted by molar-refractivity contribution is 7.14. The normalized spacial score (nSPS) is 19.7. The van der Waals surface area contributed by atoms with Crippen molar-refractivity contribution in [3.05, 3.63) is 85.8 Å². The molecule has 1 saturated carbocycles. The molecule has 10 heteroatoms. The Morgan fingerprint density at radius 1 is 1.00 bits per heavy atom. The molecule has 4 heterocycles. The first kappa shape index (κ1) is 27.0. The molecule has 2 aliphatic carbocycles. The Balaban J connectivity index is 1.10. The van der Waals surface area contributed by atoms with Crippen molar-refractivity contribution in [1.29, 1.82) is 0 Å². The van der Waals surface area contributed by atoms with Gasteiger partial charge in [0.2, 0.25) is 0 Å². The molecule has 0 spiro atoms. The summed E-state index contributed by atoms with van der Waals surface area (Å²) < 4.78 is 16.3. The van der Waals surface area contributed by atoms with Crippen molar-refractivity contribution in [3.63, 3.8) is 0 Å². The Morgan fingerprint density at radius 2 is 1.76 bits per heavy atom. The zero-order valence-electron chi connectivity index (χ0n) is 23.8. The lowest BCUT2D eigenvalue weighted by Gasteiger charge is -2.34. The number of ketones is 1. The molecular weight excluding hydrogens is 551 g/mol. The minimum Gasteiger partial charge on any atom is -0.369 e. The van der Waals surface area contributed by atoms with Gasteiger partial charge in [0.1, 0.15) is 11.5 Å². The van der Waals surface area contributed by atoms with E-state index in [0.717, 1.165) is 37.6 Å². The Morgan fingerprint density at radius 3 is 2.52 bits per heavy atom. The summed E-state index contributed by atoms with van der Waals surface area (Å²) in [6.07, 6.45) is 5.07. The highest BCUT2D eigenvalue weighted by Gasteiger charge is 2.39. The average Bonchev–Trinajstić information content (AvgIpc) is 3.72. The summed E-state index contributed by atoms with van der Waals surface area (Å²) in [5.41, 5.74) is 3.80. The molecule has 2 atom stereocenters. The number of carbonyl (C=O) groups excluding carboxylic acids is 1. The number of piperazine rings is 1. The van der Waals surface area contributed by atoms with Crippen molar-refractivity contribution >= 4 is 34.3 Å². The van der Waals surface area contributed by atoms with Crippen LogP contribution in [0.15, 0.2) is 53.5 Å². The van der Waals surface area contributed by atoms with E-state index in [1.165, 1.54) is 46.4 Å². The molecular formula is C32H33FN6O2S. The SMILES string of the molecule is CN1CCN(c2ccc(Nc3nc(-c4ccc(F)c(CC(=O)c5cc6c(s5)C5CCC6C5)n4)cn(C)c3=O)cc2)CC1. The lowest BCUT2D eigenvalue weighted by molar-refractivity contribution is 0.0994. The van der Waals surface area contributed by atoms with E-state index in [-0.39, 0.29) is 29.3 Å². The van der Waals surface area contributed by atoms with Crippen LogP contribution in [-0.4, -0.2) is 58.4 Å². The molecule has 4 aromatic rings. The highest BCUT2D eigenvalue weighted by Crippen LogP contribution is 2.56. The second-order valence-electron chi connectivity index (χ2n) is 11.7. The van der Waals surface area contributed by atoms with Crippen LogP contribution in [-0.2, 0) is 13.5 Å². The van der Waals surface area contributed by atoms with Crippen LogP contribution < -0.4 is 15.8 Å². The lowest BCUT2D eigenvalue weighted by Crippen LogP contribution is -2.44. The van der Waals surface area contributed by atoms with E-state index in [4.69, 9.17) is 0 Å². The van der Waals surface area contributed by atoms with Gasteiger partial charge in [-0.15, -0.1) is 11.3 Å². The van der Waals surface area contributed by atoms with Crippen LogP contribution in [0.5, 0.6) is 0 Å². The Bertz CT molecular complexity index is 1700. The molecule has 42 heavy (non-hydrogen) atoms. The summed E-state index contributed by atoms with van der Waals surface area (Å²) in [7, 11) is 3.78. The largest absolute Gasteiger partial charge is 0.369 e. The number of Topliss-reactive ketones (excluding diaryl/α,β-unsaturated/α-hetero) is 1. The number of rotatable bonds is 7. The third-order valence-electron chi connectivity index (χ3n) is 8.89. The second-order valence-corrected chi connectivity index (χ2v) is 12.8. The fourth-order valence-corrected chi connectivity index (χ4v) is 7.79. The number of nitrogens with one attached hydrogen (secondary N) is 1. The Kier molecular flexibility index (Phi) is 6.90. The molecule has 2 bridgehead atoms. The fourth-order valence-electron chi connectivity index (χ4n) is 6.46. The second kappa shape index (κ2) is 10.7. The maximum atomic E-state index is 14.8. The summed E-state index contributed by atoms with van der Waals surface area (Å²) >= 11 is 1.57. The molecule has 1 saturated heterocycles. The lowest BCUT2D eigenvalue weighted by atomic mass is 9.98. The monoisotopic (exact) mass is 584 g/mol. The van der Waals surface area contributed by atoms with E-state index in [1.807, 2.05) is 30.3 Å². The Hall–Kier alpha value is -3.89. The Labute approximate surface area is 247 Å². The molecule has 216 valence electrons. The highest BCUT2D eigenvalue weighted by atomic mass is 32.1. The van der Waals surface area contributed by atoms with Gasteiger partial charge >= 0.3 is 0 Å². The molecule has 3 aromatic heterocycles. The first-order valence-electron chi connectivity index (χ1n) is 14.5. The van der Waals surface area contributed by atoms with Gasteiger partial charge in [-0.25, -0.2) is 14.4 Å². The van der Waals surface area contributed by atoms with Crippen LogP contribution in [0.4, 0.5) is 21.6 Å². The molecule has 3 aliphatic rings. The number of benzene rings is 1. The average molecular weight is 585 g/mol. The van der Waals surface area contributed by atoms with Gasteiger partial charge in [-0.05, 0) is 86.2 Å². The third-order valence-corrected chi connectivity index (χ3v) is 10.2. The number of hydrogen-bond donors (Lipinski definition) is 1. The summed E-state index contributed by atoms with van der Waals surface area (Å²) in [4.78, 5) is 41.9. The number of pyridine rings is 1. The number of halogens is 1. The quantitative estimate of drug-likeness (QED) is 0.294. The van der Waals surface area contributed by atoms with E-state index in [0.29, 0.717) is 28.1 Å². The number of hydrogen-bond acceptors (Lipinski definition) is 8. The number of carbonyl (C=O) groups is 1. The molecule has 2 unspecified atom stereocenters. The van der Waals surface area contributed by atoms with Crippen molar-refractivity contribution in [2.75, 3.05) is 43.4 Å². The minimum atomic E-state index is -0.528. The summed E-state index contributed by atoms with van der Waals surface area (Å²) in [5.74, 6) is 0.666. The van der Waals surface area contributed by atoms with Crippen LogP contribution in [0.3, 0.4) is 0 Å². The molecule has 2 fully saturated rings. The number of aromatic nitrogens is 3.